The largest absolute Gasteiger partial charge is 0.322 e. The maximum atomic E-state index is 13.0. The van der Waals surface area contributed by atoms with Crippen LogP contribution in [-0.2, 0) is 10.0 Å². The predicted molar refractivity (Wildman–Crippen MR) is 107 cm³/mol. The molecule has 3 rings (SSSR count). The summed E-state index contributed by atoms with van der Waals surface area (Å²) in [6.07, 6.45) is 0. The zero-order valence-electron chi connectivity index (χ0n) is 14.9. The summed E-state index contributed by atoms with van der Waals surface area (Å²) in [5, 5.41) is 2.76. The first kappa shape index (κ1) is 18.7. The number of sulfonamides is 1. The highest BCUT2D eigenvalue weighted by Crippen LogP contribution is 2.24. The van der Waals surface area contributed by atoms with Gasteiger partial charge in [0, 0.05) is 17.8 Å². The Balaban J connectivity index is 1.81. The van der Waals surface area contributed by atoms with Crippen LogP contribution in [0.15, 0.2) is 89.8 Å². The van der Waals surface area contributed by atoms with Gasteiger partial charge in [-0.15, -0.1) is 0 Å². The lowest BCUT2D eigenvalue weighted by Crippen LogP contribution is -2.30. The zero-order valence-corrected chi connectivity index (χ0v) is 15.7. The Morgan fingerprint density at radius 2 is 1.41 bits per heavy atom. The van der Waals surface area contributed by atoms with Crippen LogP contribution in [0.2, 0.25) is 0 Å². The maximum Gasteiger partial charge on any atom is 0.264 e. The van der Waals surface area contributed by atoms with Crippen LogP contribution in [0.5, 0.6) is 0 Å². The van der Waals surface area contributed by atoms with Gasteiger partial charge >= 0.3 is 0 Å². The topological polar surface area (TPSA) is 66.5 Å². The van der Waals surface area contributed by atoms with Gasteiger partial charge < -0.3 is 5.32 Å². The Bertz CT molecular complexity index is 1000. The first-order valence-electron chi connectivity index (χ1n) is 8.56. The number of carbonyl (C=O) groups excluding carboxylic acids is 1. The van der Waals surface area contributed by atoms with Crippen molar-refractivity contribution >= 4 is 27.3 Å². The van der Waals surface area contributed by atoms with Crippen molar-refractivity contribution in [3.63, 3.8) is 0 Å². The fourth-order valence-corrected chi connectivity index (χ4v) is 4.19. The van der Waals surface area contributed by atoms with Crippen LogP contribution in [0.4, 0.5) is 11.4 Å². The number of benzene rings is 3. The standard InChI is InChI=1S/C21H20N2O3S/c1-2-23(19-11-7-4-8-12-19)27(25,26)20-15-13-18(14-16-20)22-21(24)17-9-5-3-6-10-17/h3-16H,2H2,1H3,(H,22,24). The fourth-order valence-electron chi connectivity index (χ4n) is 2.72. The molecule has 3 aromatic carbocycles. The molecule has 0 bridgehead atoms. The molecule has 0 atom stereocenters. The minimum Gasteiger partial charge on any atom is -0.322 e. The lowest BCUT2D eigenvalue weighted by Gasteiger charge is -2.23. The summed E-state index contributed by atoms with van der Waals surface area (Å²) >= 11 is 0. The fraction of sp³-hybridized carbons (Fsp3) is 0.0952. The molecule has 5 nitrogen and oxygen atoms in total. The Morgan fingerprint density at radius 1 is 0.852 bits per heavy atom. The van der Waals surface area contributed by atoms with Crippen LogP contribution in [0.3, 0.4) is 0 Å². The van der Waals surface area contributed by atoms with Gasteiger partial charge in [0.25, 0.3) is 15.9 Å². The maximum absolute atomic E-state index is 13.0. The molecule has 1 amide bonds. The number of hydrogen-bond donors (Lipinski definition) is 1. The van der Waals surface area contributed by atoms with Crippen molar-refractivity contribution in [1.29, 1.82) is 0 Å². The second kappa shape index (κ2) is 8.05. The lowest BCUT2D eigenvalue weighted by molar-refractivity contribution is 0.102. The molecule has 3 aromatic rings. The Labute approximate surface area is 159 Å². The van der Waals surface area contributed by atoms with Crippen molar-refractivity contribution in [3.05, 3.63) is 90.5 Å². The average molecular weight is 380 g/mol. The highest BCUT2D eigenvalue weighted by Gasteiger charge is 2.23. The van der Waals surface area contributed by atoms with Gasteiger partial charge in [-0.25, -0.2) is 8.42 Å². The van der Waals surface area contributed by atoms with Crippen LogP contribution in [0, 0.1) is 0 Å². The van der Waals surface area contributed by atoms with E-state index in [1.54, 1.807) is 67.6 Å². The normalized spacial score (nSPS) is 11.0. The van der Waals surface area contributed by atoms with Crippen LogP contribution < -0.4 is 9.62 Å². The second-order valence-corrected chi connectivity index (χ2v) is 7.71. The average Bonchev–Trinajstić information content (AvgIpc) is 2.70. The monoisotopic (exact) mass is 380 g/mol. The first-order valence-corrected chi connectivity index (χ1v) is 10.0. The van der Waals surface area contributed by atoms with E-state index in [9.17, 15) is 13.2 Å². The first-order chi connectivity index (χ1) is 13.0. The Kier molecular flexibility index (Phi) is 5.57. The summed E-state index contributed by atoms with van der Waals surface area (Å²) in [6.45, 7) is 2.11. The number of para-hydroxylation sites is 1. The molecule has 0 saturated carbocycles. The molecule has 0 spiro atoms. The van der Waals surface area contributed by atoms with E-state index in [4.69, 9.17) is 0 Å². The number of carbonyl (C=O) groups is 1. The van der Waals surface area contributed by atoms with E-state index >= 15 is 0 Å². The van der Waals surface area contributed by atoms with Gasteiger partial charge in [0.05, 0.1) is 10.6 Å². The third-order valence-corrected chi connectivity index (χ3v) is 5.98. The Morgan fingerprint density at radius 3 is 1.96 bits per heavy atom. The summed E-state index contributed by atoms with van der Waals surface area (Å²) in [5.74, 6) is -0.245. The molecule has 27 heavy (non-hydrogen) atoms. The molecule has 0 fully saturated rings. The predicted octanol–water partition coefficient (Wildman–Crippen LogP) is 4.15. The summed E-state index contributed by atoms with van der Waals surface area (Å²) in [6, 6.07) is 24.0. The summed E-state index contributed by atoms with van der Waals surface area (Å²) < 4.78 is 27.3. The molecule has 0 heterocycles. The van der Waals surface area contributed by atoms with Crippen molar-refractivity contribution in [3.8, 4) is 0 Å². The van der Waals surface area contributed by atoms with Crippen molar-refractivity contribution in [2.45, 2.75) is 11.8 Å². The van der Waals surface area contributed by atoms with Crippen LogP contribution in [0.25, 0.3) is 0 Å². The SMILES string of the molecule is CCN(c1ccccc1)S(=O)(=O)c1ccc(NC(=O)c2ccccc2)cc1. The van der Waals surface area contributed by atoms with Crippen LogP contribution in [0.1, 0.15) is 17.3 Å². The number of anilines is 2. The van der Waals surface area contributed by atoms with Crippen molar-refractivity contribution in [2.24, 2.45) is 0 Å². The molecule has 138 valence electrons. The number of amides is 1. The van der Waals surface area contributed by atoms with Crippen molar-refractivity contribution in [2.75, 3.05) is 16.2 Å². The minimum atomic E-state index is -3.68. The number of nitrogens with one attached hydrogen (secondary N) is 1. The third-order valence-electron chi connectivity index (χ3n) is 4.07. The van der Waals surface area contributed by atoms with Gasteiger partial charge in [-0.05, 0) is 55.5 Å². The van der Waals surface area contributed by atoms with Gasteiger partial charge in [-0.1, -0.05) is 36.4 Å². The molecule has 0 aliphatic rings. The number of rotatable bonds is 6. The molecule has 0 unspecified atom stereocenters. The molecule has 0 aromatic heterocycles. The van der Waals surface area contributed by atoms with Gasteiger partial charge in [0.2, 0.25) is 0 Å². The number of nitrogens with zero attached hydrogens (tertiary/aromatic N) is 1. The summed E-state index contributed by atoms with van der Waals surface area (Å²) in [5.41, 5.74) is 1.68. The van der Waals surface area contributed by atoms with Crippen LogP contribution >= 0.6 is 0 Å². The lowest BCUT2D eigenvalue weighted by atomic mass is 10.2. The van der Waals surface area contributed by atoms with E-state index in [0.717, 1.165) is 0 Å². The molecule has 6 heteroatoms. The molecule has 1 N–H and O–H groups in total. The number of hydrogen-bond acceptors (Lipinski definition) is 3. The minimum absolute atomic E-state index is 0.172. The summed E-state index contributed by atoms with van der Waals surface area (Å²) in [7, 11) is -3.68. The van der Waals surface area contributed by atoms with Crippen LogP contribution in [-0.4, -0.2) is 20.9 Å². The zero-order chi connectivity index (χ0) is 19.3. The van der Waals surface area contributed by atoms with Crippen molar-refractivity contribution in [1.82, 2.24) is 0 Å². The van der Waals surface area contributed by atoms with E-state index in [0.29, 0.717) is 23.5 Å². The van der Waals surface area contributed by atoms with Crippen molar-refractivity contribution < 1.29 is 13.2 Å². The highest BCUT2D eigenvalue weighted by atomic mass is 32.2. The molecule has 0 aliphatic carbocycles. The summed E-state index contributed by atoms with van der Waals surface area (Å²) in [4.78, 5) is 12.4. The van der Waals surface area contributed by atoms with E-state index in [1.807, 2.05) is 12.1 Å². The quantitative estimate of drug-likeness (QED) is 0.698. The Hall–Kier alpha value is -3.12. The van der Waals surface area contributed by atoms with E-state index in [1.165, 1.54) is 16.4 Å². The molecular formula is C21H20N2O3S. The van der Waals surface area contributed by atoms with Gasteiger partial charge in [-0.2, -0.15) is 0 Å². The molecule has 0 aliphatic heterocycles. The molecule has 0 saturated heterocycles. The van der Waals surface area contributed by atoms with E-state index in [2.05, 4.69) is 5.32 Å². The second-order valence-electron chi connectivity index (χ2n) is 5.85. The smallest absolute Gasteiger partial charge is 0.264 e. The molecular weight excluding hydrogens is 360 g/mol. The van der Waals surface area contributed by atoms with E-state index in [-0.39, 0.29) is 10.8 Å². The highest BCUT2D eigenvalue weighted by molar-refractivity contribution is 7.92. The third kappa shape index (κ3) is 4.17. The van der Waals surface area contributed by atoms with Gasteiger partial charge in [0.15, 0.2) is 0 Å². The molecule has 0 radical (unpaired) electrons. The van der Waals surface area contributed by atoms with Gasteiger partial charge in [0.1, 0.15) is 0 Å². The van der Waals surface area contributed by atoms with Gasteiger partial charge in [-0.3, -0.25) is 9.10 Å². The van der Waals surface area contributed by atoms with E-state index < -0.39 is 10.0 Å².